The van der Waals surface area contributed by atoms with Gasteiger partial charge in [-0.2, -0.15) is 0 Å². The van der Waals surface area contributed by atoms with Gasteiger partial charge in [0.2, 0.25) is 0 Å². The Labute approximate surface area is 148 Å². The van der Waals surface area contributed by atoms with Crippen molar-refractivity contribution in [2.45, 2.75) is 0 Å². The first-order valence-corrected chi connectivity index (χ1v) is 7.39. The molecule has 6 nitrogen and oxygen atoms in total. The van der Waals surface area contributed by atoms with E-state index in [-0.39, 0.29) is 11.1 Å². The van der Waals surface area contributed by atoms with Crippen LogP contribution in [0.4, 0.5) is 11.4 Å². The van der Waals surface area contributed by atoms with Crippen LogP contribution in [0.15, 0.2) is 46.6 Å². The third kappa shape index (κ3) is 4.10. The molecule has 0 unspecified atom stereocenters. The van der Waals surface area contributed by atoms with Crippen molar-refractivity contribution in [2.75, 3.05) is 14.2 Å². The topological polar surface area (TPSA) is 77.3 Å². The highest BCUT2D eigenvalue weighted by molar-refractivity contribution is 6.68. The fraction of sp³-hybridized carbons (Fsp3) is 0.125. The van der Waals surface area contributed by atoms with E-state index in [1.807, 2.05) is 0 Å². The van der Waals surface area contributed by atoms with Crippen LogP contribution in [0.3, 0.4) is 0 Å². The standard InChI is InChI=1S/C16H12Cl2N2O4/c1-23-13-5-3-9(15(17)21)7-11(13)19-20-12-8-10(16(18)22)4-6-14(12)24-2/h3-8H,1-2H3. The normalized spacial score (nSPS) is 10.7. The number of carbonyl (C=O) groups excluding carboxylic acids is 2. The van der Waals surface area contributed by atoms with Crippen LogP contribution in [0.1, 0.15) is 20.7 Å². The van der Waals surface area contributed by atoms with Crippen molar-refractivity contribution >= 4 is 45.1 Å². The summed E-state index contributed by atoms with van der Waals surface area (Å²) in [7, 11) is 2.92. The largest absolute Gasteiger partial charge is 0.494 e. The number of benzene rings is 2. The average Bonchev–Trinajstić information content (AvgIpc) is 2.59. The zero-order valence-corrected chi connectivity index (χ0v) is 14.3. The van der Waals surface area contributed by atoms with Gasteiger partial charge in [-0.25, -0.2) is 0 Å². The Bertz CT molecular complexity index is 754. The predicted octanol–water partition coefficient (Wildman–Crippen LogP) is 4.88. The molecule has 124 valence electrons. The molecule has 0 saturated heterocycles. The quantitative estimate of drug-likeness (QED) is 0.539. The molecule has 2 aromatic rings. The second kappa shape index (κ2) is 7.90. The lowest BCUT2D eigenvalue weighted by Crippen LogP contribution is -1.91. The van der Waals surface area contributed by atoms with Gasteiger partial charge in [-0.3, -0.25) is 9.59 Å². The van der Waals surface area contributed by atoms with E-state index in [0.717, 1.165) is 0 Å². The second-order valence-electron chi connectivity index (χ2n) is 4.52. The number of carbonyl (C=O) groups is 2. The molecule has 2 rings (SSSR count). The zero-order chi connectivity index (χ0) is 17.7. The molecular weight excluding hydrogens is 355 g/mol. The molecule has 0 saturated carbocycles. The van der Waals surface area contributed by atoms with Crippen molar-refractivity contribution in [1.29, 1.82) is 0 Å². The molecule has 0 radical (unpaired) electrons. The van der Waals surface area contributed by atoms with E-state index in [1.54, 1.807) is 12.1 Å². The van der Waals surface area contributed by atoms with Crippen LogP contribution in [0.5, 0.6) is 11.5 Å². The molecule has 0 heterocycles. The lowest BCUT2D eigenvalue weighted by molar-refractivity contribution is 0.107. The molecule has 0 aliphatic heterocycles. The average molecular weight is 367 g/mol. The second-order valence-corrected chi connectivity index (χ2v) is 5.21. The van der Waals surface area contributed by atoms with Gasteiger partial charge in [0.05, 0.1) is 14.2 Å². The summed E-state index contributed by atoms with van der Waals surface area (Å²) in [5.41, 5.74) is 1.11. The van der Waals surface area contributed by atoms with Crippen molar-refractivity contribution < 1.29 is 19.1 Å². The van der Waals surface area contributed by atoms with Crippen LogP contribution in [0.25, 0.3) is 0 Å². The summed E-state index contributed by atoms with van der Waals surface area (Å²) in [6.07, 6.45) is 0. The van der Waals surface area contributed by atoms with Crippen molar-refractivity contribution in [1.82, 2.24) is 0 Å². The Kier molecular flexibility index (Phi) is 5.89. The smallest absolute Gasteiger partial charge is 0.252 e. The number of nitrogens with zero attached hydrogens (tertiary/aromatic N) is 2. The van der Waals surface area contributed by atoms with E-state index in [0.29, 0.717) is 22.9 Å². The summed E-state index contributed by atoms with van der Waals surface area (Å²) < 4.78 is 10.3. The molecule has 0 aliphatic carbocycles. The Balaban J connectivity index is 2.47. The molecule has 0 spiro atoms. The van der Waals surface area contributed by atoms with E-state index in [1.165, 1.54) is 38.5 Å². The lowest BCUT2D eigenvalue weighted by atomic mass is 10.2. The summed E-state index contributed by atoms with van der Waals surface area (Å²) in [6, 6.07) is 9.03. The molecule has 2 aromatic carbocycles. The van der Waals surface area contributed by atoms with Crippen molar-refractivity contribution in [3.8, 4) is 11.5 Å². The highest BCUT2D eigenvalue weighted by atomic mass is 35.5. The minimum atomic E-state index is -0.624. The first-order chi connectivity index (χ1) is 11.5. The summed E-state index contributed by atoms with van der Waals surface area (Å²) in [6.45, 7) is 0. The SMILES string of the molecule is COc1ccc(C(=O)Cl)cc1N=Nc1cc(C(=O)Cl)ccc1OC. The maximum atomic E-state index is 11.3. The predicted molar refractivity (Wildman–Crippen MR) is 90.5 cm³/mol. The molecule has 0 aromatic heterocycles. The van der Waals surface area contributed by atoms with Gasteiger partial charge in [0.1, 0.15) is 22.9 Å². The van der Waals surface area contributed by atoms with Crippen LogP contribution in [0.2, 0.25) is 0 Å². The molecule has 24 heavy (non-hydrogen) atoms. The molecule has 0 bridgehead atoms. The van der Waals surface area contributed by atoms with Gasteiger partial charge in [-0.05, 0) is 59.6 Å². The molecule has 0 N–H and O–H groups in total. The minimum Gasteiger partial charge on any atom is -0.494 e. The number of hydrogen-bond donors (Lipinski definition) is 0. The van der Waals surface area contributed by atoms with E-state index >= 15 is 0 Å². The Hall–Kier alpha value is -2.44. The summed E-state index contributed by atoms with van der Waals surface area (Å²) in [4.78, 5) is 22.5. The molecule has 8 heteroatoms. The summed E-state index contributed by atoms with van der Waals surface area (Å²) >= 11 is 10.9. The van der Waals surface area contributed by atoms with Crippen LogP contribution >= 0.6 is 23.2 Å². The first-order valence-electron chi connectivity index (χ1n) is 6.63. The Morgan fingerprint density at radius 3 is 1.46 bits per heavy atom. The van der Waals surface area contributed by atoms with Gasteiger partial charge in [-0.1, -0.05) is 0 Å². The van der Waals surface area contributed by atoms with Crippen LogP contribution in [-0.4, -0.2) is 24.7 Å². The fourth-order valence-electron chi connectivity index (χ4n) is 1.89. The fourth-order valence-corrected chi connectivity index (χ4v) is 2.12. The Morgan fingerprint density at radius 1 is 0.792 bits per heavy atom. The van der Waals surface area contributed by atoms with Gasteiger partial charge in [0.15, 0.2) is 0 Å². The lowest BCUT2D eigenvalue weighted by Gasteiger charge is -2.06. The number of rotatable bonds is 6. The number of methoxy groups -OCH3 is 2. The van der Waals surface area contributed by atoms with E-state index < -0.39 is 10.5 Å². The minimum absolute atomic E-state index is 0.253. The highest BCUT2D eigenvalue weighted by Crippen LogP contribution is 2.34. The molecular formula is C16H12Cl2N2O4. The van der Waals surface area contributed by atoms with Gasteiger partial charge < -0.3 is 9.47 Å². The van der Waals surface area contributed by atoms with Crippen molar-refractivity contribution in [3.05, 3.63) is 47.5 Å². The van der Waals surface area contributed by atoms with Gasteiger partial charge in [0, 0.05) is 11.1 Å². The van der Waals surface area contributed by atoms with E-state index in [9.17, 15) is 9.59 Å². The number of hydrogen-bond acceptors (Lipinski definition) is 6. The Morgan fingerprint density at radius 2 is 1.17 bits per heavy atom. The maximum absolute atomic E-state index is 11.3. The van der Waals surface area contributed by atoms with Crippen molar-refractivity contribution in [3.63, 3.8) is 0 Å². The number of azo groups is 1. The summed E-state index contributed by atoms with van der Waals surface area (Å²) in [5, 5.41) is 6.86. The van der Waals surface area contributed by atoms with E-state index in [4.69, 9.17) is 32.7 Å². The van der Waals surface area contributed by atoms with Crippen LogP contribution < -0.4 is 9.47 Å². The number of halogens is 2. The van der Waals surface area contributed by atoms with Crippen LogP contribution in [0, 0.1) is 0 Å². The summed E-state index contributed by atoms with van der Waals surface area (Å²) in [5.74, 6) is 0.813. The molecule has 0 atom stereocenters. The van der Waals surface area contributed by atoms with Crippen LogP contribution in [-0.2, 0) is 0 Å². The highest BCUT2D eigenvalue weighted by Gasteiger charge is 2.10. The third-order valence-corrected chi connectivity index (χ3v) is 3.51. The third-order valence-electron chi connectivity index (χ3n) is 3.08. The van der Waals surface area contributed by atoms with Gasteiger partial charge in [0.25, 0.3) is 10.5 Å². The molecule has 0 aliphatic rings. The molecule has 0 fully saturated rings. The maximum Gasteiger partial charge on any atom is 0.252 e. The van der Waals surface area contributed by atoms with E-state index in [2.05, 4.69) is 10.2 Å². The van der Waals surface area contributed by atoms with Gasteiger partial charge in [-0.15, -0.1) is 10.2 Å². The van der Waals surface area contributed by atoms with Gasteiger partial charge >= 0.3 is 0 Å². The number of ether oxygens (including phenoxy) is 2. The zero-order valence-electron chi connectivity index (χ0n) is 12.7. The van der Waals surface area contributed by atoms with Crippen molar-refractivity contribution in [2.24, 2.45) is 10.2 Å². The monoisotopic (exact) mass is 366 g/mol. The molecule has 0 amide bonds. The first kappa shape index (κ1) is 17.9.